The maximum absolute atomic E-state index is 6.07. The maximum atomic E-state index is 6.07. The highest BCUT2D eigenvalue weighted by molar-refractivity contribution is 6.32. The predicted octanol–water partition coefficient (Wildman–Crippen LogP) is 2.30. The molecule has 7 heteroatoms. The van der Waals surface area contributed by atoms with Crippen LogP contribution in [0.25, 0.3) is 0 Å². The Morgan fingerprint density at radius 2 is 2.16 bits per heavy atom. The molecule has 2 aromatic rings. The van der Waals surface area contributed by atoms with E-state index < -0.39 is 0 Å². The van der Waals surface area contributed by atoms with Crippen molar-refractivity contribution in [2.75, 3.05) is 17.2 Å². The molecule has 2 heterocycles. The lowest BCUT2D eigenvalue weighted by Crippen LogP contribution is -2.07. The molecule has 0 radical (unpaired) electrons. The molecule has 2 aromatic heterocycles. The van der Waals surface area contributed by atoms with Gasteiger partial charge in [-0.25, -0.2) is 4.98 Å². The lowest BCUT2D eigenvalue weighted by atomic mass is 10.3. The zero-order valence-electron chi connectivity index (χ0n) is 11.0. The number of nitrogens with zero attached hydrogens (tertiary/aromatic N) is 4. The van der Waals surface area contributed by atoms with Gasteiger partial charge in [0.2, 0.25) is 5.95 Å². The summed E-state index contributed by atoms with van der Waals surface area (Å²) >= 11 is 6.07. The van der Waals surface area contributed by atoms with E-state index in [0.29, 0.717) is 23.3 Å². The van der Waals surface area contributed by atoms with Crippen LogP contribution in [0.2, 0.25) is 5.02 Å². The normalized spacial score (nSPS) is 10.5. The summed E-state index contributed by atoms with van der Waals surface area (Å²) in [5, 5.41) is 10.9. The smallest absolute Gasteiger partial charge is 0.224 e. The molecule has 0 bridgehead atoms. The number of aromatic nitrogens is 4. The lowest BCUT2D eigenvalue weighted by molar-refractivity contribution is 0.767. The van der Waals surface area contributed by atoms with Crippen molar-refractivity contribution in [1.29, 1.82) is 0 Å². The van der Waals surface area contributed by atoms with Crippen LogP contribution >= 0.6 is 11.6 Å². The first-order chi connectivity index (χ1) is 9.19. The second-order valence-electron chi connectivity index (χ2n) is 4.19. The third-order valence-electron chi connectivity index (χ3n) is 2.50. The van der Waals surface area contributed by atoms with Crippen molar-refractivity contribution in [3.63, 3.8) is 0 Å². The number of aryl methyl sites for hydroxylation is 1. The van der Waals surface area contributed by atoms with Crippen LogP contribution in [0.1, 0.15) is 18.9 Å². The lowest BCUT2D eigenvalue weighted by Gasteiger charge is -2.08. The molecule has 0 aliphatic carbocycles. The first-order valence-electron chi connectivity index (χ1n) is 6.17. The molecule has 2 N–H and O–H groups in total. The van der Waals surface area contributed by atoms with Crippen LogP contribution < -0.4 is 10.6 Å². The zero-order chi connectivity index (χ0) is 13.7. The van der Waals surface area contributed by atoms with Gasteiger partial charge in [-0.15, -0.1) is 0 Å². The molecule has 0 atom stereocenters. The molecule has 0 aliphatic heterocycles. The van der Waals surface area contributed by atoms with Gasteiger partial charge in [0.25, 0.3) is 0 Å². The molecular weight excluding hydrogens is 264 g/mol. The average molecular weight is 281 g/mol. The van der Waals surface area contributed by atoms with Gasteiger partial charge in [-0.3, -0.25) is 4.68 Å². The molecule has 0 aliphatic rings. The molecule has 2 rings (SSSR count). The van der Waals surface area contributed by atoms with Gasteiger partial charge in [0, 0.05) is 31.9 Å². The second kappa shape index (κ2) is 6.38. The van der Waals surface area contributed by atoms with Gasteiger partial charge in [0.15, 0.2) is 5.82 Å². The zero-order valence-corrected chi connectivity index (χ0v) is 11.8. The van der Waals surface area contributed by atoms with E-state index in [2.05, 4.69) is 32.6 Å². The summed E-state index contributed by atoms with van der Waals surface area (Å²) in [5.41, 5.74) is 1.07. The molecule has 0 spiro atoms. The Labute approximate surface area is 117 Å². The average Bonchev–Trinajstić information content (AvgIpc) is 2.82. The third-order valence-corrected chi connectivity index (χ3v) is 2.77. The van der Waals surface area contributed by atoms with Crippen LogP contribution in [-0.2, 0) is 13.6 Å². The van der Waals surface area contributed by atoms with Gasteiger partial charge in [0.05, 0.1) is 12.4 Å². The van der Waals surface area contributed by atoms with Gasteiger partial charge in [-0.1, -0.05) is 18.5 Å². The van der Waals surface area contributed by atoms with E-state index in [1.807, 2.05) is 13.2 Å². The summed E-state index contributed by atoms with van der Waals surface area (Å²) in [6, 6.07) is 0. The second-order valence-corrected chi connectivity index (χ2v) is 4.60. The van der Waals surface area contributed by atoms with E-state index in [1.54, 1.807) is 17.1 Å². The Kier molecular flexibility index (Phi) is 4.57. The Bertz CT molecular complexity index is 539. The van der Waals surface area contributed by atoms with Crippen LogP contribution in [-0.4, -0.2) is 26.3 Å². The molecule has 0 fully saturated rings. The quantitative estimate of drug-likeness (QED) is 0.850. The van der Waals surface area contributed by atoms with Crippen molar-refractivity contribution >= 4 is 23.4 Å². The Hall–Kier alpha value is -1.82. The Morgan fingerprint density at radius 1 is 1.32 bits per heavy atom. The molecule has 0 amide bonds. The van der Waals surface area contributed by atoms with Crippen LogP contribution in [0.4, 0.5) is 11.8 Å². The number of rotatable bonds is 6. The van der Waals surface area contributed by atoms with Crippen LogP contribution in [0, 0.1) is 0 Å². The van der Waals surface area contributed by atoms with Crippen LogP contribution in [0.3, 0.4) is 0 Å². The maximum Gasteiger partial charge on any atom is 0.224 e. The van der Waals surface area contributed by atoms with Gasteiger partial charge >= 0.3 is 0 Å². The minimum atomic E-state index is 0.505. The van der Waals surface area contributed by atoms with Crippen LogP contribution in [0.5, 0.6) is 0 Å². The summed E-state index contributed by atoms with van der Waals surface area (Å²) in [6.07, 6.45) is 6.36. The van der Waals surface area contributed by atoms with Gasteiger partial charge < -0.3 is 10.6 Å². The molecule has 0 saturated carbocycles. The standard InChI is InChI=1S/C12H17ClN6/c1-3-4-14-12-16-7-10(13)11(18-12)15-5-9-6-17-19(2)8-9/h6-8H,3-5H2,1-2H3,(H2,14,15,16,18). The summed E-state index contributed by atoms with van der Waals surface area (Å²) in [4.78, 5) is 8.46. The SMILES string of the molecule is CCCNc1ncc(Cl)c(NCc2cnn(C)c2)n1. The summed E-state index contributed by atoms with van der Waals surface area (Å²) < 4.78 is 1.76. The van der Waals surface area contributed by atoms with E-state index in [1.165, 1.54) is 0 Å². The van der Waals surface area contributed by atoms with Gasteiger partial charge in [-0.2, -0.15) is 10.1 Å². The molecule has 102 valence electrons. The molecule has 0 aromatic carbocycles. The van der Waals surface area contributed by atoms with Crippen molar-refractivity contribution in [2.45, 2.75) is 19.9 Å². The minimum Gasteiger partial charge on any atom is -0.364 e. The summed E-state index contributed by atoms with van der Waals surface area (Å²) in [5.74, 6) is 1.21. The molecule has 0 saturated heterocycles. The van der Waals surface area contributed by atoms with Crippen molar-refractivity contribution in [2.24, 2.45) is 7.05 Å². The minimum absolute atomic E-state index is 0.505. The fourth-order valence-corrected chi connectivity index (χ4v) is 1.72. The summed E-state index contributed by atoms with van der Waals surface area (Å²) in [6.45, 7) is 3.55. The van der Waals surface area contributed by atoms with Crippen molar-refractivity contribution in [3.8, 4) is 0 Å². The molecule has 0 unspecified atom stereocenters. The molecular formula is C12H17ClN6. The number of nitrogens with one attached hydrogen (secondary N) is 2. The van der Waals surface area contributed by atoms with Crippen molar-refractivity contribution < 1.29 is 0 Å². The highest BCUT2D eigenvalue weighted by Crippen LogP contribution is 2.20. The van der Waals surface area contributed by atoms with Crippen molar-refractivity contribution in [1.82, 2.24) is 19.7 Å². The van der Waals surface area contributed by atoms with Gasteiger partial charge in [0.1, 0.15) is 5.02 Å². The highest BCUT2D eigenvalue weighted by Gasteiger charge is 2.05. The van der Waals surface area contributed by atoms with E-state index in [0.717, 1.165) is 18.5 Å². The predicted molar refractivity (Wildman–Crippen MR) is 76.4 cm³/mol. The third kappa shape index (κ3) is 3.82. The largest absolute Gasteiger partial charge is 0.364 e. The number of hydrogen-bond donors (Lipinski definition) is 2. The van der Waals surface area contributed by atoms with E-state index in [4.69, 9.17) is 11.6 Å². The Morgan fingerprint density at radius 3 is 2.84 bits per heavy atom. The van der Waals surface area contributed by atoms with E-state index in [-0.39, 0.29) is 0 Å². The molecule has 19 heavy (non-hydrogen) atoms. The summed E-state index contributed by atoms with van der Waals surface area (Å²) in [7, 11) is 1.88. The first-order valence-corrected chi connectivity index (χ1v) is 6.54. The number of hydrogen-bond acceptors (Lipinski definition) is 5. The van der Waals surface area contributed by atoms with E-state index in [9.17, 15) is 0 Å². The first kappa shape index (κ1) is 13.6. The van der Waals surface area contributed by atoms with E-state index >= 15 is 0 Å². The fraction of sp³-hybridized carbons (Fsp3) is 0.417. The fourth-order valence-electron chi connectivity index (χ4n) is 1.56. The highest BCUT2D eigenvalue weighted by atomic mass is 35.5. The van der Waals surface area contributed by atoms with Crippen molar-refractivity contribution in [3.05, 3.63) is 29.2 Å². The monoisotopic (exact) mass is 280 g/mol. The topological polar surface area (TPSA) is 67.7 Å². The number of halogens is 1. The Balaban J connectivity index is 2.02. The van der Waals surface area contributed by atoms with Crippen LogP contribution in [0.15, 0.2) is 18.6 Å². The van der Waals surface area contributed by atoms with Gasteiger partial charge in [-0.05, 0) is 6.42 Å². The number of anilines is 2. The molecule has 6 nitrogen and oxygen atoms in total.